The topological polar surface area (TPSA) is 94.3 Å². The van der Waals surface area contributed by atoms with Gasteiger partial charge >= 0.3 is 0 Å². The Hall–Kier alpha value is -2.89. The number of nitrogens with one attached hydrogen (secondary N) is 1. The van der Waals surface area contributed by atoms with Crippen LogP contribution in [0.2, 0.25) is 0 Å². The zero-order chi connectivity index (χ0) is 17.2. The molecule has 1 heterocycles. The van der Waals surface area contributed by atoms with Crippen LogP contribution in [0.15, 0.2) is 42.6 Å². The fourth-order valence-corrected chi connectivity index (χ4v) is 2.79. The molecule has 3 rings (SSSR count). The van der Waals surface area contributed by atoms with E-state index in [4.69, 9.17) is 10.5 Å². The Bertz CT molecular complexity index is 767. The van der Waals surface area contributed by atoms with Crippen LogP contribution in [-0.4, -0.2) is 30.5 Å². The normalized spacial score (nSPS) is 14.7. The molecule has 1 aromatic heterocycles. The number of pyridine rings is 1. The molecule has 0 unspecified atom stereocenters. The quantitative estimate of drug-likeness (QED) is 0.844. The highest BCUT2D eigenvalue weighted by molar-refractivity contribution is 5.95. The molecule has 124 valence electrons. The summed E-state index contributed by atoms with van der Waals surface area (Å²) >= 11 is 0. The summed E-state index contributed by atoms with van der Waals surface area (Å²) in [5, 5.41) is 2.93. The lowest BCUT2D eigenvalue weighted by Gasteiger charge is -2.19. The first kappa shape index (κ1) is 16.0. The average molecular weight is 325 g/mol. The third kappa shape index (κ3) is 3.08. The SMILES string of the molecule is COc1ccccc1C1(CNC(=O)c2ccc(C(N)=O)cn2)CC1. The highest BCUT2D eigenvalue weighted by Gasteiger charge is 2.46. The smallest absolute Gasteiger partial charge is 0.269 e. The van der Waals surface area contributed by atoms with Crippen molar-refractivity contribution in [1.82, 2.24) is 10.3 Å². The number of nitrogens with zero attached hydrogens (tertiary/aromatic N) is 1. The summed E-state index contributed by atoms with van der Waals surface area (Å²) in [5.41, 5.74) is 6.74. The second kappa shape index (κ2) is 6.31. The van der Waals surface area contributed by atoms with Gasteiger partial charge in [-0.2, -0.15) is 0 Å². The number of benzene rings is 1. The van der Waals surface area contributed by atoms with Crippen molar-refractivity contribution in [3.8, 4) is 5.75 Å². The van der Waals surface area contributed by atoms with E-state index in [0.29, 0.717) is 6.54 Å². The molecule has 1 aliphatic carbocycles. The Morgan fingerprint density at radius 3 is 2.58 bits per heavy atom. The second-order valence-electron chi connectivity index (χ2n) is 5.96. The summed E-state index contributed by atoms with van der Waals surface area (Å²) in [6.07, 6.45) is 3.31. The van der Waals surface area contributed by atoms with Crippen molar-refractivity contribution in [3.63, 3.8) is 0 Å². The molecule has 6 nitrogen and oxygen atoms in total. The number of primary amides is 1. The van der Waals surface area contributed by atoms with E-state index in [0.717, 1.165) is 24.2 Å². The van der Waals surface area contributed by atoms with E-state index in [9.17, 15) is 9.59 Å². The van der Waals surface area contributed by atoms with Gasteiger partial charge in [0.25, 0.3) is 5.91 Å². The molecule has 1 aliphatic rings. The molecule has 2 aromatic rings. The molecule has 0 spiro atoms. The van der Waals surface area contributed by atoms with Gasteiger partial charge in [0, 0.05) is 23.7 Å². The van der Waals surface area contributed by atoms with Gasteiger partial charge in [-0.25, -0.2) is 0 Å². The van der Waals surface area contributed by atoms with Crippen LogP contribution >= 0.6 is 0 Å². The first-order valence-electron chi connectivity index (χ1n) is 7.73. The summed E-state index contributed by atoms with van der Waals surface area (Å²) in [5.74, 6) is 0.00272. The molecule has 3 N–H and O–H groups in total. The van der Waals surface area contributed by atoms with Gasteiger partial charge in [-0.05, 0) is 31.0 Å². The Labute approximate surface area is 140 Å². The Balaban J connectivity index is 1.69. The van der Waals surface area contributed by atoms with Crippen molar-refractivity contribution in [1.29, 1.82) is 0 Å². The van der Waals surface area contributed by atoms with Crippen LogP contribution in [0.3, 0.4) is 0 Å². The van der Waals surface area contributed by atoms with Crippen LogP contribution in [0.25, 0.3) is 0 Å². The number of methoxy groups -OCH3 is 1. The number of nitrogens with two attached hydrogens (primary N) is 1. The zero-order valence-electron chi connectivity index (χ0n) is 13.4. The van der Waals surface area contributed by atoms with Crippen LogP contribution in [0.5, 0.6) is 5.75 Å². The molecule has 1 saturated carbocycles. The molecule has 0 atom stereocenters. The van der Waals surface area contributed by atoms with Crippen molar-refractivity contribution in [2.24, 2.45) is 5.73 Å². The highest BCUT2D eigenvalue weighted by atomic mass is 16.5. The monoisotopic (exact) mass is 325 g/mol. The van der Waals surface area contributed by atoms with Crippen molar-refractivity contribution in [3.05, 3.63) is 59.4 Å². The lowest BCUT2D eigenvalue weighted by Crippen LogP contribution is -2.33. The number of rotatable bonds is 6. The number of carbonyl (C=O) groups is 2. The Morgan fingerprint density at radius 1 is 1.25 bits per heavy atom. The minimum atomic E-state index is -0.567. The van der Waals surface area contributed by atoms with E-state index in [1.54, 1.807) is 7.11 Å². The summed E-state index contributed by atoms with van der Waals surface area (Å²) in [7, 11) is 1.65. The molecule has 24 heavy (non-hydrogen) atoms. The third-order valence-electron chi connectivity index (χ3n) is 4.40. The fraction of sp³-hybridized carbons (Fsp3) is 0.278. The summed E-state index contributed by atoms with van der Waals surface area (Å²) in [6.45, 7) is 0.519. The molecule has 0 bridgehead atoms. The van der Waals surface area contributed by atoms with E-state index in [2.05, 4.69) is 10.3 Å². The van der Waals surface area contributed by atoms with Gasteiger partial charge in [0.05, 0.1) is 12.7 Å². The zero-order valence-corrected chi connectivity index (χ0v) is 13.4. The molecule has 0 saturated heterocycles. The molecular formula is C18H19N3O3. The Kier molecular flexibility index (Phi) is 4.20. The number of aromatic nitrogens is 1. The highest BCUT2D eigenvalue weighted by Crippen LogP contribution is 2.50. The average Bonchev–Trinajstić information content (AvgIpc) is 3.41. The van der Waals surface area contributed by atoms with E-state index < -0.39 is 5.91 Å². The lowest BCUT2D eigenvalue weighted by molar-refractivity contribution is 0.0941. The standard InChI is InChI=1S/C18H19N3O3/c1-24-15-5-3-2-4-13(15)18(8-9-18)11-21-17(23)14-7-6-12(10-20-14)16(19)22/h2-7,10H,8-9,11H2,1H3,(H2,19,22)(H,21,23). The number of hydrogen-bond acceptors (Lipinski definition) is 4. The molecule has 6 heteroatoms. The van der Waals surface area contributed by atoms with Crippen molar-refractivity contribution >= 4 is 11.8 Å². The predicted octanol–water partition coefficient (Wildman–Crippen LogP) is 1.65. The van der Waals surface area contributed by atoms with E-state index >= 15 is 0 Å². The van der Waals surface area contributed by atoms with Gasteiger partial charge in [0.15, 0.2) is 0 Å². The molecule has 1 fully saturated rings. The molecular weight excluding hydrogens is 306 g/mol. The van der Waals surface area contributed by atoms with E-state index in [1.807, 2.05) is 24.3 Å². The van der Waals surface area contributed by atoms with Crippen LogP contribution in [-0.2, 0) is 5.41 Å². The first-order valence-corrected chi connectivity index (χ1v) is 7.73. The third-order valence-corrected chi connectivity index (χ3v) is 4.40. The maximum Gasteiger partial charge on any atom is 0.269 e. The molecule has 0 radical (unpaired) electrons. The fourth-order valence-electron chi connectivity index (χ4n) is 2.79. The minimum absolute atomic E-state index is 0.0740. The number of ether oxygens (including phenoxy) is 1. The van der Waals surface area contributed by atoms with Crippen molar-refractivity contribution in [2.75, 3.05) is 13.7 Å². The van der Waals surface area contributed by atoms with Gasteiger partial charge in [0.2, 0.25) is 5.91 Å². The minimum Gasteiger partial charge on any atom is -0.496 e. The molecule has 0 aliphatic heterocycles. The van der Waals surface area contributed by atoms with Crippen LogP contribution < -0.4 is 15.8 Å². The van der Waals surface area contributed by atoms with Crippen LogP contribution in [0, 0.1) is 0 Å². The van der Waals surface area contributed by atoms with Crippen LogP contribution in [0.4, 0.5) is 0 Å². The number of amides is 2. The maximum atomic E-state index is 12.3. The van der Waals surface area contributed by atoms with Gasteiger partial charge in [0.1, 0.15) is 11.4 Å². The largest absolute Gasteiger partial charge is 0.496 e. The first-order chi connectivity index (χ1) is 11.6. The van der Waals surface area contributed by atoms with E-state index in [1.165, 1.54) is 18.3 Å². The number of hydrogen-bond donors (Lipinski definition) is 2. The van der Waals surface area contributed by atoms with Gasteiger partial charge in [-0.15, -0.1) is 0 Å². The van der Waals surface area contributed by atoms with Crippen molar-refractivity contribution < 1.29 is 14.3 Å². The summed E-state index contributed by atoms with van der Waals surface area (Å²) < 4.78 is 5.43. The van der Waals surface area contributed by atoms with Crippen molar-refractivity contribution in [2.45, 2.75) is 18.3 Å². The van der Waals surface area contributed by atoms with Gasteiger partial charge in [-0.3, -0.25) is 14.6 Å². The van der Waals surface area contributed by atoms with E-state index in [-0.39, 0.29) is 22.6 Å². The maximum absolute atomic E-state index is 12.3. The Morgan fingerprint density at radius 2 is 2.00 bits per heavy atom. The summed E-state index contributed by atoms with van der Waals surface area (Å²) in [4.78, 5) is 27.3. The second-order valence-corrected chi connectivity index (χ2v) is 5.96. The summed E-state index contributed by atoms with van der Waals surface area (Å²) in [6, 6.07) is 10.9. The number of carbonyl (C=O) groups excluding carboxylic acids is 2. The van der Waals surface area contributed by atoms with Gasteiger partial charge in [-0.1, -0.05) is 18.2 Å². The lowest BCUT2D eigenvalue weighted by atomic mass is 9.95. The molecule has 1 aromatic carbocycles. The predicted molar refractivity (Wildman–Crippen MR) is 89.0 cm³/mol. The number of para-hydroxylation sites is 1. The molecule has 2 amide bonds. The van der Waals surface area contributed by atoms with Gasteiger partial charge < -0.3 is 15.8 Å². The van der Waals surface area contributed by atoms with Crippen LogP contribution in [0.1, 0.15) is 39.3 Å².